The van der Waals surface area contributed by atoms with Gasteiger partial charge in [-0.2, -0.15) is 15.5 Å². The van der Waals surface area contributed by atoms with Gasteiger partial charge in [0.25, 0.3) is 12.4 Å². The Bertz CT molecular complexity index is 1030. The van der Waals surface area contributed by atoms with Crippen LogP contribution < -0.4 is 5.32 Å². The minimum absolute atomic E-state index is 0.186. The van der Waals surface area contributed by atoms with Crippen LogP contribution >= 0.6 is 11.3 Å². The molecule has 0 radical (unpaired) electrons. The zero-order valence-electron chi connectivity index (χ0n) is 16.0. The molecule has 3 N–H and O–H groups in total. The molecule has 0 spiro atoms. The number of amides is 1. The minimum atomic E-state index is -0.377. The molecule has 0 saturated heterocycles. The van der Waals surface area contributed by atoms with Gasteiger partial charge in [0, 0.05) is 23.7 Å². The molecule has 1 fully saturated rings. The van der Waals surface area contributed by atoms with E-state index in [1.54, 1.807) is 28.7 Å². The molecule has 0 aromatic carbocycles. The highest BCUT2D eigenvalue weighted by atomic mass is 32.1. The first-order chi connectivity index (χ1) is 14.6. The lowest BCUT2D eigenvalue weighted by Gasteiger charge is -2.34. The van der Waals surface area contributed by atoms with Gasteiger partial charge >= 0.3 is 0 Å². The Balaban J connectivity index is 0.000000806. The summed E-state index contributed by atoms with van der Waals surface area (Å²) in [5, 5.41) is 32.2. The van der Waals surface area contributed by atoms with Gasteiger partial charge in [-0.3, -0.25) is 19.4 Å². The number of carbonyl (C=O) groups excluding carboxylic acids is 1. The van der Waals surface area contributed by atoms with Crippen LogP contribution in [0.3, 0.4) is 0 Å². The Hall–Kier alpha value is -3.56. The van der Waals surface area contributed by atoms with Crippen molar-refractivity contribution in [3.05, 3.63) is 35.4 Å². The lowest BCUT2D eigenvalue weighted by Crippen LogP contribution is -2.33. The second kappa shape index (κ2) is 9.77. The Kier molecular flexibility index (Phi) is 6.89. The fourth-order valence-corrected chi connectivity index (χ4v) is 3.72. The topological polar surface area (TPSA) is 159 Å². The Morgan fingerprint density at radius 1 is 1.57 bits per heavy atom. The van der Waals surface area contributed by atoms with Gasteiger partial charge in [0.2, 0.25) is 0 Å². The predicted molar refractivity (Wildman–Crippen MR) is 107 cm³/mol. The normalized spacial score (nSPS) is 17.2. The summed E-state index contributed by atoms with van der Waals surface area (Å²) in [5.41, 5.74) is 1.68. The third kappa shape index (κ3) is 4.70. The Morgan fingerprint density at radius 2 is 2.33 bits per heavy atom. The van der Waals surface area contributed by atoms with Crippen molar-refractivity contribution in [2.24, 2.45) is 0 Å². The number of ether oxygens (including phenoxy) is 1. The van der Waals surface area contributed by atoms with Crippen molar-refractivity contribution in [2.75, 3.05) is 11.9 Å². The van der Waals surface area contributed by atoms with Gasteiger partial charge in [0.1, 0.15) is 16.8 Å². The number of rotatable bonds is 6. The van der Waals surface area contributed by atoms with Crippen LogP contribution in [-0.4, -0.2) is 55.2 Å². The number of anilines is 1. The van der Waals surface area contributed by atoms with Crippen molar-refractivity contribution < 1.29 is 19.4 Å². The van der Waals surface area contributed by atoms with Crippen LogP contribution in [-0.2, 0) is 9.53 Å². The molecule has 0 aliphatic heterocycles. The SMILES string of the molecule is CCO[C@H]1C[C@H](n2cc(NC(=O)c3csc(-c4cn[nH]c4)n3)c(C#N)n2)C1.O=CO. The van der Waals surface area contributed by atoms with E-state index in [0.717, 1.165) is 18.4 Å². The summed E-state index contributed by atoms with van der Waals surface area (Å²) in [6, 6.07) is 2.22. The van der Waals surface area contributed by atoms with Crippen LogP contribution in [0.5, 0.6) is 0 Å². The number of carbonyl (C=O) groups is 2. The van der Waals surface area contributed by atoms with E-state index in [0.29, 0.717) is 17.3 Å². The maximum Gasteiger partial charge on any atom is 0.290 e. The van der Waals surface area contributed by atoms with Gasteiger partial charge in [-0.25, -0.2) is 4.98 Å². The van der Waals surface area contributed by atoms with Gasteiger partial charge in [0.05, 0.1) is 30.2 Å². The van der Waals surface area contributed by atoms with Gasteiger partial charge < -0.3 is 15.2 Å². The highest BCUT2D eigenvalue weighted by Crippen LogP contribution is 2.35. The zero-order valence-corrected chi connectivity index (χ0v) is 16.8. The molecule has 11 nitrogen and oxygen atoms in total. The predicted octanol–water partition coefficient (Wildman–Crippen LogP) is 2.29. The average Bonchev–Trinajstić information content (AvgIpc) is 3.44. The molecule has 1 amide bonds. The molecule has 0 atom stereocenters. The molecule has 0 bridgehead atoms. The average molecular weight is 429 g/mol. The molecule has 3 aromatic heterocycles. The van der Waals surface area contributed by atoms with Gasteiger partial charge in [0.15, 0.2) is 5.69 Å². The largest absolute Gasteiger partial charge is 0.483 e. The Labute approximate surface area is 175 Å². The number of thiazole rings is 1. The van der Waals surface area contributed by atoms with E-state index in [1.165, 1.54) is 11.3 Å². The minimum Gasteiger partial charge on any atom is -0.483 e. The molecular formula is C18H19N7O4S. The van der Waals surface area contributed by atoms with Crippen molar-refractivity contribution in [1.82, 2.24) is 25.0 Å². The van der Waals surface area contributed by atoms with Crippen molar-refractivity contribution in [2.45, 2.75) is 31.9 Å². The van der Waals surface area contributed by atoms with E-state index in [-0.39, 0.29) is 35.9 Å². The highest BCUT2D eigenvalue weighted by molar-refractivity contribution is 7.13. The van der Waals surface area contributed by atoms with E-state index < -0.39 is 0 Å². The van der Waals surface area contributed by atoms with Gasteiger partial charge in [-0.1, -0.05) is 0 Å². The molecular weight excluding hydrogens is 410 g/mol. The van der Waals surface area contributed by atoms with Crippen molar-refractivity contribution >= 4 is 29.4 Å². The van der Waals surface area contributed by atoms with E-state index in [4.69, 9.17) is 14.6 Å². The number of aromatic nitrogens is 5. The summed E-state index contributed by atoms with van der Waals surface area (Å²) in [6.45, 7) is 2.41. The fourth-order valence-electron chi connectivity index (χ4n) is 2.94. The summed E-state index contributed by atoms with van der Waals surface area (Å²) >= 11 is 1.35. The fraction of sp³-hybridized carbons (Fsp3) is 0.333. The second-order valence-electron chi connectivity index (χ2n) is 6.27. The summed E-state index contributed by atoms with van der Waals surface area (Å²) in [6.07, 6.45) is 7.01. The van der Waals surface area contributed by atoms with Crippen LogP contribution in [0, 0.1) is 11.3 Å². The van der Waals surface area contributed by atoms with E-state index >= 15 is 0 Å². The first-order valence-corrected chi connectivity index (χ1v) is 9.92. The first-order valence-electron chi connectivity index (χ1n) is 9.04. The molecule has 12 heteroatoms. The number of hydrogen-bond donors (Lipinski definition) is 3. The van der Waals surface area contributed by atoms with Crippen molar-refractivity contribution in [3.63, 3.8) is 0 Å². The number of nitriles is 1. The standard InChI is InChI=1S/C17H17N7O2S.CH2O2/c1-2-26-12-3-11(4-12)24-8-14(13(5-18)23-24)21-16(25)15-9-27-17(22-15)10-6-19-20-7-10;2-1-3/h6-9,11-12H,2-4H2,1H3,(H,19,20)(H,21,25);1H,(H,2,3)/t11-,12-;. The van der Waals surface area contributed by atoms with Crippen LogP contribution in [0.15, 0.2) is 24.0 Å². The second-order valence-corrected chi connectivity index (χ2v) is 7.13. The summed E-state index contributed by atoms with van der Waals surface area (Å²) in [4.78, 5) is 25.2. The first kappa shape index (κ1) is 21.2. The molecule has 30 heavy (non-hydrogen) atoms. The maximum absolute atomic E-state index is 12.5. The molecule has 4 rings (SSSR count). The molecule has 1 saturated carbocycles. The summed E-state index contributed by atoms with van der Waals surface area (Å²) < 4.78 is 7.30. The zero-order chi connectivity index (χ0) is 21.5. The Morgan fingerprint density at radius 3 is 2.97 bits per heavy atom. The smallest absolute Gasteiger partial charge is 0.290 e. The molecule has 3 heterocycles. The lowest BCUT2D eigenvalue weighted by atomic mass is 9.89. The van der Waals surface area contributed by atoms with Gasteiger partial charge in [-0.15, -0.1) is 11.3 Å². The molecule has 1 aliphatic carbocycles. The monoisotopic (exact) mass is 429 g/mol. The number of carboxylic acid groups (broad SMARTS) is 1. The molecule has 1 aliphatic rings. The van der Waals surface area contributed by atoms with Crippen LogP contribution in [0.4, 0.5) is 5.69 Å². The third-order valence-electron chi connectivity index (χ3n) is 4.41. The number of aromatic amines is 1. The number of nitrogens with zero attached hydrogens (tertiary/aromatic N) is 5. The molecule has 3 aromatic rings. The summed E-state index contributed by atoms with van der Waals surface area (Å²) in [5.74, 6) is -0.377. The maximum atomic E-state index is 12.5. The van der Waals surface area contributed by atoms with Crippen LogP contribution in [0.2, 0.25) is 0 Å². The quantitative estimate of drug-likeness (QED) is 0.503. The van der Waals surface area contributed by atoms with Crippen LogP contribution in [0.1, 0.15) is 42.0 Å². The van der Waals surface area contributed by atoms with Crippen molar-refractivity contribution in [3.8, 4) is 16.6 Å². The lowest BCUT2D eigenvalue weighted by molar-refractivity contribution is -0.122. The highest BCUT2D eigenvalue weighted by Gasteiger charge is 2.32. The number of nitrogens with one attached hydrogen (secondary N) is 2. The third-order valence-corrected chi connectivity index (χ3v) is 5.31. The van der Waals surface area contributed by atoms with Crippen LogP contribution in [0.25, 0.3) is 10.6 Å². The van der Waals surface area contributed by atoms with Gasteiger partial charge in [-0.05, 0) is 19.8 Å². The molecule has 156 valence electrons. The van der Waals surface area contributed by atoms with E-state index in [2.05, 4.69) is 25.6 Å². The number of hydrogen-bond acceptors (Lipinski definition) is 8. The van der Waals surface area contributed by atoms with E-state index in [9.17, 15) is 10.1 Å². The van der Waals surface area contributed by atoms with E-state index in [1.807, 2.05) is 13.0 Å². The van der Waals surface area contributed by atoms with Crippen molar-refractivity contribution in [1.29, 1.82) is 5.26 Å². The summed E-state index contributed by atoms with van der Waals surface area (Å²) in [7, 11) is 0. The number of H-pyrrole nitrogens is 1. The molecule has 0 unspecified atom stereocenters.